The van der Waals surface area contributed by atoms with Gasteiger partial charge in [0.05, 0.1) is 0 Å². The topological polar surface area (TPSA) is 26.3 Å². The van der Waals surface area contributed by atoms with Crippen LogP contribution >= 0.6 is 0 Å². The Kier molecular flexibility index (Phi) is 2.31. The van der Waals surface area contributed by atoms with Crippen LogP contribution in [0.25, 0.3) is 5.59 Å². The highest BCUT2D eigenvalue weighted by Crippen LogP contribution is 2.07. The molecule has 1 aliphatic heterocycles. The summed E-state index contributed by atoms with van der Waals surface area (Å²) in [6, 6.07) is 0. The molecule has 0 amide bonds. The number of rotatable bonds is 3. The molecule has 3 heteroatoms. The van der Waals surface area contributed by atoms with Gasteiger partial charge in [0.1, 0.15) is 6.54 Å². The van der Waals surface area contributed by atoms with Gasteiger partial charge in [-0.15, -0.1) is 0 Å². The first-order valence-electron chi connectivity index (χ1n) is 3.51. The van der Waals surface area contributed by atoms with Crippen LogP contribution in [0.1, 0.15) is 19.8 Å². The number of allylic oxidation sites excluding steroid dienone is 1. The van der Waals surface area contributed by atoms with E-state index in [1.54, 1.807) is 10.9 Å². The minimum atomic E-state index is 0.621. The summed E-state index contributed by atoms with van der Waals surface area (Å²) < 4.78 is 1.77. The maximum Gasteiger partial charge on any atom is 0.202 e. The molecule has 0 atom stereocenters. The number of hydrogen-bond donors (Lipinski definition) is 0. The first-order chi connectivity index (χ1) is 4.83. The Hall–Kier alpha value is -0.990. The van der Waals surface area contributed by atoms with Crippen LogP contribution in [-0.2, 0) is 4.84 Å². The molecule has 0 spiro atoms. The standard InChI is InChI=1S/C7H12N2O/c1-3-4-5-9-6-7(2)10-8-9/h6H,2-5H2,1H3. The zero-order valence-electron chi connectivity index (χ0n) is 6.21. The SMILES string of the molecule is C=C1C=[N+](CCCC)[N-]O1. The summed E-state index contributed by atoms with van der Waals surface area (Å²) in [7, 11) is 0. The summed E-state index contributed by atoms with van der Waals surface area (Å²) in [6.45, 7) is 6.67. The molecule has 0 unspecified atom stereocenters. The molecule has 0 saturated heterocycles. The van der Waals surface area contributed by atoms with Gasteiger partial charge in [0.15, 0.2) is 5.76 Å². The maximum atomic E-state index is 4.76. The quantitative estimate of drug-likeness (QED) is 0.547. The van der Waals surface area contributed by atoms with Crippen LogP contribution in [0.3, 0.4) is 0 Å². The second-order valence-electron chi connectivity index (χ2n) is 2.28. The van der Waals surface area contributed by atoms with Gasteiger partial charge in [0.2, 0.25) is 6.21 Å². The van der Waals surface area contributed by atoms with Crippen molar-refractivity contribution in [2.24, 2.45) is 0 Å². The van der Waals surface area contributed by atoms with E-state index in [9.17, 15) is 0 Å². The molecule has 0 aromatic rings. The molecule has 0 aromatic heterocycles. The minimum absolute atomic E-state index is 0.621. The van der Waals surface area contributed by atoms with E-state index in [-0.39, 0.29) is 0 Å². The highest BCUT2D eigenvalue weighted by molar-refractivity contribution is 5.71. The second-order valence-corrected chi connectivity index (χ2v) is 2.28. The largest absolute Gasteiger partial charge is 0.501 e. The molecular formula is C7H12N2O. The summed E-state index contributed by atoms with van der Waals surface area (Å²) >= 11 is 0. The lowest BCUT2D eigenvalue weighted by Crippen LogP contribution is -2.03. The van der Waals surface area contributed by atoms with Crippen LogP contribution in [0, 0.1) is 0 Å². The van der Waals surface area contributed by atoms with Crippen molar-refractivity contribution in [3.05, 3.63) is 17.9 Å². The number of hydrogen-bond acceptors (Lipinski definition) is 1. The molecule has 1 heterocycles. The fraction of sp³-hybridized carbons (Fsp3) is 0.571. The van der Waals surface area contributed by atoms with Crippen molar-refractivity contribution in [1.29, 1.82) is 0 Å². The molecule has 0 aromatic carbocycles. The Morgan fingerprint density at radius 3 is 3.10 bits per heavy atom. The van der Waals surface area contributed by atoms with Gasteiger partial charge in [0, 0.05) is 6.42 Å². The highest BCUT2D eigenvalue weighted by atomic mass is 16.7. The first kappa shape index (κ1) is 7.12. The average molecular weight is 140 g/mol. The Morgan fingerprint density at radius 1 is 1.80 bits per heavy atom. The molecule has 0 aliphatic carbocycles. The zero-order valence-corrected chi connectivity index (χ0v) is 6.21. The fourth-order valence-corrected chi connectivity index (χ4v) is 0.744. The predicted molar refractivity (Wildman–Crippen MR) is 39.7 cm³/mol. The zero-order chi connectivity index (χ0) is 7.40. The average Bonchev–Trinajstić information content (AvgIpc) is 2.31. The van der Waals surface area contributed by atoms with E-state index in [0.717, 1.165) is 13.0 Å². The van der Waals surface area contributed by atoms with Gasteiger partial charge < -0.3 is 4.84 Å². The van der Waals surface area contributed by atoms with Crippen LogP contribution < -0.4 is 0 Å². The van der Waals surface area contributed by atoms with E-state index in [1.807, 2.05) is 0 Å². The summed E-state index contributed by atoms with van der Waals surface area (Å²) in [5.41, 5.74) is 3.73. The van der Waals surface area contributed by atoms with Crippen LogP contribution in [0.4, 0.5) is 0 Å². The monoisotopic (exact) mass is 140 g/mol. The van der Waals surface area contributed by atoms with E-state index in [4.69, 9.17) is 4.84 Å². The molecule has 0 saturated carbocycles. The third-order valence-corrected chi connectivity index (χ3v) is 1.30. The Morgan fingerprint density at radius 2 is 2.60 bits per heavy atom. The van der Waals surface area contributed by atoms with E-state index in [2.05, 4.69) is 19.1 Å². The van der Waals surface area contributed by atoms with E-state index < -0.39 is 0 Å². The normalized spacial score (nSPS) is 16.1. The molecule has 56 valence electrons. The molecule has 1 aliphatic rings. The van der Waals surface area contributed by atoms with Gasteiger partial charge in [-0.2, -0.15) is 0 Å². The summed E-state index contributed by atoms with van der Waals surface area (Å²) in [5, 5.41) is 0. The van der Waals surface area contributed by atoms with Crippen molar-refractivity contribution in [2.75, 3.05) is 6.54 Å². The lowest BCUT2D eigenvalue weighted by atomic mass is 10.3. The third kappa shape index (κ3) is 1.76. The van der Waals surface area contributed by atoms with E-state index in [1.165, 1.54) is 6.42 Å². The van der Waals surface area contributed by atoms with Crippen LogP contribution in [0.2, 0.25) is 0 Å². The molecule has 0 radical (unpaired) electrons. The molecule has 0 N–H and O–H groups in total. The van der Waals surface area contributed by atoms with Crippen molar-refractivity contribution in [3.8, 4) is 0 Å². The smallest absolute Gasteiger partial charge is 0.202 e. The van der Waals surface area contributed by atoms with Crippen LogP contribution in [0.15, 0.2) is 12.3 Å². The van der Waals surface area contributed by atoms with Crippen molar-refractivity contribution in [1.82, 2.24) is 0 Å². The van der Waals surface area contributed by atoms with Gasteiger partial charge in [-0.3, -0.25) is 5.59 Å². The third-order valence-electron chi connectivity index (χ3n) is 1.30. The molecule has 1 rings (SSSR count). The number of nitrogens with zero attached hydrogens (tertiary/aromatic N) is 2. The summed E-state index contributed by atoms with van der Waals surface area (Å²) in [6.07, 6.45) is 4.11. The van der Waals surface area contributed by atoms with Gasteiger partial charge in [-0.25, -0.2) is 4.68 Å². The highest BCUT2D eigenvalue weighted by Gasteiger charge is 2.03. The molecule has 0 bridgehead atoms. The van der Waals surface area contributed by atoms with Crippen LogP contribution in [0.5, 0.6) is 0 Å². The van der Waals surface area contributed by atoms with E-state index in [0.29, 0.717) is 5.76 Å². The molecule has 10 heavy (non-hydrogen) atoms. The van der Waals surface area contributed by atoms with Gasteiger partial charge >= 0.3 is 0 Å². The van der Waals surface area contributed by atoms with E-state index >= 15 is 0 Å². The molecular weight excluding hydrogens is 128 g/mol. The fourth-order valence-electron chi connectivity index (χ4n) is 0.744. The van der Waals surface area contributed by atoms with Gasteiger partial charge in [-0.05, 0) is 0 Å². The lowest BCUT2D eigenvalue weighted by Gasteiger charge is -2.07. The Bertz CT molecular complexity index is 163. The van der Waals surface area contributed by atoms with Crippen molar-refractivity contribution < 1.29 is 9.52 Å². The Labute approximate surface area is 60.9 Å². The van der Waals surface area contributed by atoms with Crippen molar-refractivity contribution in [2.45, 2.75) is 19.8 Å². The number of unbranched alkanes of at least 4 members (excludes halogenated alkanes) is 1. The maximum absolute atomic E-state index is 4.76. The summed E-state index contributed by atoms with van der Waals surface area (Å²) in [4.78, 5) is 4.76. The van der Waals surface area contributed by atoms with Gasteiger partial charge in [-0.1, -0.05) is 19.9 Å². The minimum Gasteiger partial charge on any atom is -0.501 e. The summed E-state index contributed by atoms with van der Waals surface area (Å²) in [5.74, 6) is 0.621. The molecule has 3 nitrogen and oxygen atoms in total. The first-order valence-corrected chi connectivity index (χ1v) is 3.51. The predicted octanol–water partition coefficient (Wildman–Crippen LogP) is 1.62. The second kappa shape index (κ2) is 3.25. The van der Waals surface area contributed by atoms with Crippen molar-refractivity contribution >= 4 is 6.21 Å². The van der Waals surface area contributed by atoms with Gasteiger partial charge in [0.25, 0.3) is 0 Å². The van der Waals surface area contributed by atoms with Crippen LogP contribution in [-0.4, -0.2) is 17.4 Å². The Balaban J connectivity index is 2.28. The van der Waals surface area contributed by atoms with Crippen molar-refractivity contribution in [3.63, 3.8) is 0 Å². The lowest BCUT2D eigenvalue weighted by molar-refractivity contribution is -0.492. The molecule has 0 fully saturated rings.